The Kier molecular flexibility index (Phi) is 4.66. The van der Waals surface area contributed by atoms with Gasteiger partial charge in [0.05, 0.1) is 12.2 Å². The Hall–Kier alpha value is -1.01. The first-order valence-corrected chi connectivity index (χ1v) is 6.88. The van der Waals surface area contributed by atoms with Gasteiger partial charge < -0.3 is 5.32 Å². The molecule has 0 aliphatic carbocycles. The minimum Gasteiger partial charge on any atom is -0.306 e. The van der Waals surface area contributed by atoms with E-state index in [4.69, 9.17) is 0 Å². The lowest BCUT2D eigenvalue weighted by Gasteiger charge is -2.19. The number of nitrogens with one attached hydrogen (secondary N) is 1. The van der Waals surface area contributed by atoms with Crippen LogP contribution in [-0.2, 0) is 0 Å². The van der Waals surface area contributed by atoms with Gasteiger partial charge >= 0.3 is 0 Å². The van der Waals surface area contributed by atoms with E-state index in [1.54, 1.807) is 12.3 Å². The van der Waals surface area contributed by atoms with Crippen LogP contribution in [0, 0.1) is 9.39 Å². The number of halogens is 2. The quantitative estimate of drug-likeness (QED) is 0.848. The summed E-state index contributed by atoms with van der Waals surface area (Å²) in [4.78, 5) is 3.79. The highest BCUT2D eigenvalue weighted by Gasteiger charge is 2.16. The van der Waals surface area contributed by atoms with Crippen molar-refractivity contribution in [2.45, 2.75) is 13.0 Å². The van der Waals surface area contributed by atoms with Crippen molar-refractivity contribution in [3.05, 3.63) is 63.2 Å². The zero-order valence-electron chi connectivity index (χ0n) is 10.0. The van der Waals surface area contributed by atoms with Crippen molar-refractivity contribution >= 4 is 22.6 Å². The monoisotopic (exact) mass is 356 g/mol. The van der Waals surface area contributed by atoms with Crippen LogP contribution in [0.2, 0.25) is 0 Å². The summed E-state index contributed by atoms with van der Waals surface area (Å²) in [5.41, 5.74) is 1.69. The summed E-state index contributed by atoms with van der Waals surface area (Å²) in [7, 11) is 0. The number of rotatable bonds is 4. The zero-order valence-corrected chi connectivity index (χ0v) is 12.2. The predicted molar refractivity (Wildman–Crippen MR) is 78.9 cm³/mol. The molecular formula is C14H14FIN2. The molecule has 18 heavy (non-hydrogen) atoms. The van der Waals surface area contributed by atoms with E-state index < -0.39 is 0 Å². The Bertz CT molecular complexity index is 513. The van der Waals surface area contributed by atoms with Gasteiger partial charge in [0.15, 0.2) is 0 Å². The summed E-state index contributed by atoms with van der Waals surface area (Å²) >= 11 is 2.26. The lowest BCUT2D eigenvalue weighted by molar-refractivity contribution is 0.554. The van der Waals surface area contributed by atoms with Crippen molar-refractivity contribution in [3.63, 3.8) is 0 Å². The van der Waals surface area contributed by atoms with Gasteiger partial charge in [-0.05, 0) is 52.9 Å². The van der Waals surface area contributed by atoms with Crippen molar-refractivity contribution in [2.24, 2.45) is 0 Å². The largest absolute Gasteiger partial charge is 0.306 e. The maximum Gasteiger partial charge on any atom is 0.146 e. The minimum absolute atomic E-state index is 0.130. The summed E-state index contributed by atoms with van der Waals surface area (Å²) < 4.78 is 15.0. The third-order valence-electron chi connectivity index (χ3n) is 2.73. The van der Waals surface area contributed by atoms with E-state index in [-0.39, 0.29) is 11.9 Å². The average molecular weight is 356 g/mol. The van der Waals surface area contributed by atoms with E-state index >= 15 is 0 Å². The molecule has 0 spiro atoms. The molecule has 2 nitrogen and oxygen atoms in total. The van der Waals surface area contributed by atoms with Crippen LogP contribution in [0.1, 0.15) is 24.1 Å². The van der Waals surface area contributed by atoms with Gasteiger partial charge in [0.25, 0.3) is 0 Å². The zero-order chi connectivity index (χ0) is 13.0. The molecule has 1 aromatic heterocycles. The number of aromatic nitrogens is 1. The maximum atomic E-state index is 13.8. The first kappa shape index (κ1) is 13.4. The first-order chi connectivity index (χ1) is 8.72. The second-order valence-electron chi connectivity index (χ2n) is 3.94. The van der Waals surface area contributed by atoms with Gasteiger partial charge in [-0.3, -0.25) is 4.98 Å². The van der Waals surface area contributed by atoms with Crippen LogP contribution in [0.15, 0.2) is 42.7 Å². The Morgan fingerprint density at radius 3 is 2.61 bits per heavy atom. The highest BCUT2D eigenvalue weighted by molar-refractivity contribution is 14.1. The molecule has 0 fully saturated rings. The molecule has 1 aromatic carbocycles. The van der Waals surface area contributed by atoms with Gasteiger partial charge in [0.2, 0.25) is 0 Å². The molecule has 0 radical (unpaired) electrons. The fourth-order valence-corrected chi connectivity index (χ4v) is 2.25. The van der Waals surface area contributed by atoms with Crippen LogP contribution in [0.4, 0.5) is 4.39 Å². The van der Waals surface area contributed by atoms with E-state index in [0.717, 1.165) is 12.1 Å². The Morgan fingerprint density at radius 1 is 1.28 bits per heavy atom. The van der Waals surface area contributed by atoms with Gasteiger partial charge in [-0.25, -0.2) is 4.39 Å². The molecule has 0 aliphatic heterocycles. The van der Waals surface area contributed by atoms with Crippen LogP contribution in [0.5, 0.6) is 0 Å². The number of hydrogen-bond donors (Lipinski definition) is 1. The lowest BCUT2D eigenvalue weighted by Crippen LogP contribution is -2.23. The molecule has 0 bridgehead atoms. The van der Waals surface area contributed by atoms with Crippen LogP contribution in [-0.4, -0.2) is 11.5 Å². The normalized spacial score (nSPS) is 12.4. The number of nitrogens with zero attached hydrogens (tertiary/aromatic N) is 1. The number of benzene rings is 1. The van der Waals surface area contributed by atoms with Crippen molar-refractivity contribution in [3.8, 4) is 0 Å². The van der Waals surface area contributed by atoms with Gasteiger partial charge in [-0.1, -0.05) is 19.1 Å². The second kappa shape index (κ2) is 6.24. The van der Waals surface area contributed by atoms with Gasteiger partial charge in [-0.2, -0.15) is 0 Å². The maximum absolute atomic E-state index is 13.8. The van der Waals surface area contributed by atoms with Crippen LogP contribution in [0.25, 0.3) is 0 Å². The van der Waals surface area contributed by atoms with Gasteiger partial charge in [-0.15, -0.1) is 0 Å². The summed E-state index contributed by atoms with van der Waals surface area (Å²) in [6, 6.07) is 9.69. The summed E-state index contributed by atoms with van der Waals surface area (Å²) in [6.07, 6.45) is 2.88. The third-order valence-corrected chi connectivity index (χ3v) is 3.45. The van der Waals surface area contributed by atoms with E-state index in [0.29, 0.717) is 5.56 Å². The molecule has 94 valence electrons. The van der Waals surface area contributed by atoms with E-state index in [1.807, 2.05) is 31.2 Å². The third kappa shape index (κ3) is 3.05. The molecule has 1 heterocycles. The molecule has 1 N–H and O–H groups in total. The predicted octanol–water partition coefficient (Wildman–Crippen LogP) is 3.52. The molecule has 2 aromatic rings. The van der Waals surface area contributed by atoms with Crippen molar-refractivity contribution in [2.75, 3.05) is 6.54 Å². The molecule has 1 unspecified atom stereocenters. The molecule has 0 saturated carbocycles. The smallest absolute Gasteiger partial charge is 0.146 e. The molecule has 0 saturated heterocycles. The van der Waals surface area contributed by atoms with Crippen molar-refractivity contribution in [1.29, 1.82) is 0 Å². The Labute approximate surface area is 120 Å². The number of pyridine rings is 1. The van der Waals surface area contributed by atoms with Crippen LogP contribution >= 0.6 is 22.6 Å². The summed E-state index contributed by atoms with van der Waals surface area (Å²) in [6.45, 7) is 2.79. The van der Waals surface area contributed by atoms with E-state index in [1.165, 1.54) is 9.77 Å². The highest BCUT2D eigenvalue weighted by Crippen LogP contribution is 2.24. The fraction of sp³-hybridized carbons (Fsp3) is 0.214. The summed E-state index contributed by atoms with van der Waals surface area (Å²) in [5.74, 6) is -0.276. The SMILES string of the molecule is CCNC(c1ccc(I)cc1)c1ccncc1F. The topological polar surface area (TPSA) is 24.9 Å². The van der Waals surface area contributed by atoms with Crippen LogP contribution in [0.3, 0.4) is 0 Å². The summed E-state index contributed by atoms with van der Waals surface area (Å²) in [5, 5.41) is 3.31. The molecular weight excluding hydrogens is 342 g/mol. The average Bonchev–Trinajstić information content (AvgIpc) is 2.38. The molecule has 0 aliphatic rings. The molecule has 0 amide bonds. The molecule has 4 heteroatoms. The van der Waals surface area contributed by atoms with Gasteiger partial charge in [0.1, 0.15) is 5.82 Å². The van der Waals surface area contributed by atoms with Gasteiger partial charge in [0, 0.05) is 15.3 Å². The number of hydrogen-bond acceptors (Lipinski definition) is 2. The van der Waals surface area contributed by atoms with E-state index in [2.05, 4.69) is 32.9 Å². The fourth-order valence-electron chi connectivity index (χ4n) is 1.89. The second-order valence-corrected chi connectivity index (χ2v) is 5.19. The minimum atomic E-state index is -0.276. The molecule has 1 atom stereocenters. The van der Waals surface area contributed by atoms with Crippen molar-refractivity contribution in [1.82, 2.24) is 10.3 Å². The Balaban J connectivity index is 2.40. The first-order valence-electron chi connectivity index (χ1n) is 5.80. The highest BCUT2D eigenvalue weighted by atomic mass is 127. The lowest BCUT2D eigenvalue weighted by atomic mass is 9.99. The standard InChI is InChI=1S/C14H14FIN2/c1-2-18-14(10-3-5-11(16)6-4-10)12-7-8-17-9-13(12)15/h3-9,14,18H,2H2,1H3. The van der Waals surface area contributed by atoms with E-state index in [9.17, 15) is 4.39 Å². The van der Waals surface area contributed by atoms with Crippen LogP contribution < -0.4 is 5.32 Å². The molecule has 2 rings (SSSR count). The Morgan fingerprint density at radius 2 is 2.00 bits per heavy atom. The van der Waals surface area contributed by atoms with Crippen molar-refractivity contribution < 1.29 is 4.39 Å².